The molecule has 0 aliphatic rings. The highest BCUT2D eigenvalue weighted by atomic mass is 32.1. The fourth-order valence-corrected chi connectivity index (χ4v) is 11.4. The van der Waals surface area contributed by atoms with E-state index in [2.05, 4.69) is 246 Å². The molecule has 0 spiro atoms. The molecule has 0 amide bonds. The van der Waals surface area contributed by atoms with Crippen LogP contribution in [0.15, 0.2) is 237 Å². The van der Waals surface area contributed by atoms with E-state index in [4.69, 9.17) is 15.0 Å². The van der Waals surface area contributed by atoms with Gasteiger partial charge in [-0.3, -0.25) is 0 Å². The Hall–Kier alpha value is -8.97. The summed E-state index contributed by atoms with van der Waals surface area (Å²) in [4.78, 5) is 15.8. The van der Waals surface area contributed by atoms with Crippen LogP contribution in [0.25, 0.3) is 132 Å². The predicted octanol–water partition coefficient (Wildman–Crippen LogP) is 16.8. The zero-order valence-corrected chi connectivity index (χ0v) is 38.0. The number of hydrogen-bond acceptors (Lipinski definition) is 4. The quantitative estimate of drug-likeness (QED) is 0.160. The molecule has 0 N–H and O–H groups in total. The van der Waals surface area contributed by atoms with Crippen LogP contribution in [0, 0.1) is 0 Å². The van der Waals surface area contributed by atoms with Crippen molar-refractivity contribution in [3.05, 3.63) is 237 Å². The van der Waals surface area contributed by atoms with E-state index in [1.807, 2.05) is 11.3 Å². The zero-order valence-electron chi connectivity index (χ0n) is 37.2. The first-order chi connectivity index (χ1) is 34.2. The lowest BCUT2D eigenvalue weighted by atomic mass is 9.99. The van der Waals surface area contributed by atoms with Gasteiger partial charge in [0, 0.05) is 64.1 Å². The Morgan fingerprint density at radius 2 is 0.725 bits per heavy atom. The van der Waals surface area contributed by atoms with E-state index in [0.717, 1.165) is 66.5 Å². The average Bonchev–Trinajstić information content (AvgIpc) is 4.09. The molecule has 322 valence electrons. The van der Waals surface area contributed by atoms with E-state index in [1.54, 1.807) is 0 Å². The maximum absolute atomic E-state index is 5.30. The molecule has 6 heteroatoms. The Morgan fingerprint density at radius 1 is 0.275 bits per heavy atom. The van der Waals surface area contributed by atoms with Gasteiger partial charge in [0.15, 0.2) is 17.5 Å². The van der Waals surface area contributed by atoms with Crippen molar-refractivity contribution in [2.75, 3.05) is 0 Å². The number of nitrogens with zero attached hydrogens (tertiary/aromatic N) is 5. The van der Waals surface area contributed by atoms with Crippen molar-refractivity contribution in [2.45, 2.75) is 0 Å². The zero-order chi connectivity index (χ0) is 45.4. The number of aromatic nitrogens is 5. The Labute approximate surface area is 401 Å². The van der Waals surface area contributed by atoms with E-state index in [9.17, 15) is 0 Å². The molecule has 0 bridgehead atoms. The number of rotatable bonds is 7. The average molecular weight is 898 g/mol. The minimum atomic E-state index is 0.621. The Morgan fingerprint density at radius 3 is 1.41 bits per heavy atom. The highest BCUT2D eigenvalue weighted by Gasteiger charge is 2.21. The van der Waals surface area contributed by atoms with Gasteiger partial charge in [-0.25, -0.2) is 15.0 Å². The molecule has 0 fully saturated rings. The molecule has 0 radical (unpaired) electrons. The van der Waals surface area contributed by atoms with Crippen molar-refractivity contribution in [2.24, 2.45) is 0 Å². The second-order valence-corrected chi connectivity index (χ2v) is 18.7. The molecular weight excluding hydrogens is 859 g/mol. The fourth-order valence-electron chi connectivity index (χ4n) is 10.3. The lowest BCUT2D eigenvalue weighted by Crippen LogP contribution is -2.01. The minimum Gasteiger partial charge on any atom is -0.307 e. The van der Waals surface area contributed by atoms with Crippen molar-refractivity contribution in [3.63, 3.8) is 0 Å². The number of fused-ring (bicyclic) bond motifs is 9. The molecule has 4 aromatic heterocycles. The van der Waals surface area contributed by atoms with Gasteiger partial charge in [-0.05, 0) is 95.1 Å². The molecule has 14 rings (SSSR count). The molecule has 0 saturated carbocycles. The van der Waals surface area contributed by atoms with E-state index in [-0.39, 0.29) is 0 Å². The molecule has 0 atom stereocenters. The van der Waals surface area contributed by atoms with Gasteiger partial charge in [0.05, 0.1) is 27.8 Å². The summed E-state index contributed by atoms with van der Waals surface area (Å²) < 4.78 is 7.34. The normalized spacial score (nSPS) is 11.8. The smallest absolute Gasteiger partial charge is 0.164 e. The summed E-state index contributed by atoms with van der Waals surface area (Å²) in [6.45, 7) is 0. The van der Waals surface area contributed by atoms with E-state index in [1.165, 1.54) is 47.6 Å². The molecule has 0 aliphatic heterocycles. The van der Waals surface area contributed by atoms with Crippen LogP contribution in [0.1, 0.15) is 0 Å². The topological polar surface area (TPSA) is 48.5 Å². The Balaban J connectivity index is 0.932. The molecular formula is C63H39N5S. The van der Waals surface area contributed by atoms with Crippen LogP contribution in [0.3, 0.4) is 0 Å². The lowest BCUT2D eigenvalue weighted by molar-refractivity contribution is 1.07. The van der Waals surface area contributed by atoms with Crippen molar-refractivity contribution in [3.8, 4) is 67.8 Å². The summed E-state index contributed by atoms with van der Waals surface area (Å²) in [6, 6.07) is 84.5. The highest BCUT2D eigenvalue weighted by molar-refractivity contribution is 7.25. The summed E-state index contributed by atoms with van der Waals surface area (Å²) in [5, 5.41) is 7.16. The number of hydrogen-bond donors (Lipinski definition) is 0. The SMILES string of the molecule is c1ccc(-c2ccc(-c3ccc(-c4nc(-c5ccc6sc7ccccc7c6c5)nc(-c5ccc6c(c5)c5ccccc5n6-c5cccc6c7ccccc7n(-c7ccccc7)c56)n4)cc3)cc2)cc1. The van der Waals surface area contributed by atoms with E-state index >= 15 is 0 Å². The molecule has 69 heavy (non-hydrogen) atoms. The minimum absolute atomic E-state index is 0.621. The molecule has 5 nitrogen and oxygen atoms in total. The number of thiophene rings is 1. The number of para-hydroxylation sites is 4. The summed E-state index contributed by atoms with van der Waals surface area (Å²) in [7, 11) is 0. The summed E-state index contributed by atoms with van der Waals surface area (Å²) >= 11 is 1.81. The van der Waals surface area contributed by atoms with Gasteiger partial charge < -0.3 is 9.13 Å². The second-order valence-electron chi connectivity index (χ2n) is 17.6. The second kappa shape index (κ2) is 15.8. The third-order valence-electron chi connectivity index (χ3n) is 13.6. The third-order valence-corrected chi connectivity index (χ3v) is 14.8. The van der Waals surface area contributed by atoms with Gasteiger partial charge >= 0.3 is 0 Å². The van der Waals surface area contributed by atoms with Gasteiger partial charge in [0.2, 0.25) is 0 Å². The van der Waals surface area contributed by atoms with Gasteiger partial charge in [-0.1, -0.05) is 164 Å². The Kier molecular flexibility index (Phi) is 9.00. The van der Waals surface area contributed by atoms with E-state index in [0.29, 0.717) is 17.5 Å². The van der Waals surface area contributed by atoms with Crippen molar-refractivity contribution in [1.29, 1.82) is 0 Å². The molecule has 0 aliphatic carbocycles. The maximum Gasteiger partial charge on any atom is 0.164 e. The summed E-state index contributed by atoms with van der Waals surface area (Å²) in [5.74, 6) is 1.88. The van der Waals surface area contributed by atoms with Gasteiger partial charge in [0.25, 0.3) is 0 Å². The first-order valence-electron chi connectivity index (χ1n) is 23.3. The molecule has 0 saturated heterocycles. The molecule has 0 unspecified atom stereocenters. The number of benzene rings is 10. The van der Waals surface area contributed by atoms with Crippen LogP contribution in [0.4, 0.5) is 0 Å². The van der Waals surface area contributed by atoms with Crippen LogP contribution in [0.2, 0.25) is 0 Å². The van der Waals surface area contributed by atoms with Crippen LogP contribution >= 0.6 is 11.3 Å². The van der Waals surface area contributed by atoms with Crippen LogP contribution in [-0.2, 0) is 0 Å². The van der Waals surface area contributed by atoms with E-state index < -0.39 is 0 Å². The first kappa shape index (κ1) is 39.2. The van der Waals surface area contributed by atoms with Crippen LogP contribution in [-0.4, -0.2) is 24.1 Å². The van der Waals surface area contributed by atoms with Gasteiger partial charge in [-0.15, -0.1) is 11.3 Å². The largest absolute Gasteiger partial charge is 0.307 e. The Bertz CT molecular complexity index is 4280. The monoisotopic (exact) mass is 897 g/mol. The summed E-state index contributed by atoms with van der Waals surface area (Å²) in [6.07, 6.45) is 0. The molecule has 10 aromatic carbocycles. The predicted molar refractivity (Wildman–Crippen MR) is 289 cm³/mol. The van der Waals surface area contributed by atoms with Crippen molar-refractivity contribution < 1.29 is 0 Å². The van der Waals surface area contributed by atoms with Gasteiger partial charge in [-0.2, -0.15) is 0 Å². The van der Waals surface area contributed by atoms with Crippen molar-refractivity contribution >= 4 is 75.1 Å². The molecule has 14 aromatic rings. The molecule has 4 heterocycles. The lowest BCUT2D eigenvalue weighted by Gasteiger charge is -2.14. The van der Waals surface area contributed by atoms with Gasteiger partial charge in [0.1, 0.15) is 0 Å². The highest BCUT2D eigenvalue weighted by Crippen LogP contribution is 2.41. The third kappa shape index (κ3) is 6.49. The van der Waals surface area contributed by atoms with Crippen LogP contribution < -0.4 is 0 Å². The standard InChI is InChI=1S/C63H39N5S/c1-3-14-40(15-4-1)41-26-28-42(29-27-41)43-30-32-44(33-31-43)61-64-62(66-63(65-61)46-35-37-59-53(39-46)50-20-9-12-25-58(50)69-59)45-34-36-56-52(38-45)49-19-8-11-23-55(49)68(56)57-24-13-21-51-48-18-7-10-22-54(48)67(60(51)57)47-16-5-2-6-17-47/h1-39H. The fraction of sp³-hybridized carbons (Fsp3) is 0. The maximum atomic E-state index is 5.30. The van der Waals surface area contributed by atoms with Crippen molar-refractivity contribution in [1.82, 2.24) is 24.1 Å². The first-order valence-corrected chi connectivity index (χ1v) is 24.1. The van der Waals surface area contributed by atoms with Crippen LogP contribution in [0.5, 0.6) is 0 Å². The summed E-state index contributed by atoms with van der Waals surface area (Å²) in [5.41, 5.74) is 14.3.